The van der Waals surface area contributed by atoms with Gasteiger partial charge in [0.15, 0.2) is 0 Å². The number of hydrogen-bond donors (Lipinski definition) is 2. The zero-order valence-corrected chi connectivity index (χ0v) is 11.3. The average molecular weight is 283 g/mol. The molecule has 0 saturated heterocycles. The van der Waals surface area contributed by atoms with Crippen LogP contribution in [0, 0.1) is 0 Å². The van der Waals surface area contributed by atoms with Crippen molar-refractivity contribution in [3.8, 4) is 5.75 Å². The van der Waals surface area contributed by atoms with E-state index < -0.39 is 10.0 Å². The lowest BCUT2D eigenvalue weighted by Gasteiger charge is -2.13. The van der Waals surface area contributed by atoms with Crippen LogP contribution in [0.3, 0.4) is 0 Å². The summed E-state index contributed by atoms with van der Waals surface area (Å²) in [6.45, 7) is 1.78. The van der Waals surface area contributed by atoms with Crippen molar-refractivity contribution in [3.63, 3.8) is 0 Å². The highest BCUT2D eigenvalue weighted by atomic mass is 32.2. The van der Waals surface area contributed by atoms with E-state index in [4.69, 9.17) is 0 Å². The van der Waals surface area contributed by atoms with Gasteiger partial charge < -0.3 is 5.11 Å². The highest BCUT2D eigenvalue weighted by Gasteiger charge is 2.18. The smallest absolute Gasteiger partial charge is 0.241 e. The lowest BCUT2D eigenvalue weighted by atomic mass is 10.2. The molecule has 0 aliphatic carbocycles. The third kappa shape index (κ3) is 2.90. The molecule has 1 aromatic carbocycles. The third-order valence-electron chi connectivity index (χ3n) is 2.50. The summed E-state index contributed by atoms with van der Waals surface area (Å²) in [6, 6.07) is 7.18. The van der Waals surface area contributed by atoms with Crippen LogP contribution < -0.4 is 4.72 Å². The van der Waals surface area contributed by atoms with E-state index in [0.717, 1.165) is 5.56 Å². The molecule has 0 amide bonds. The number of sulfonamides is 1. The third-order valence-corrected chi connectivity index (χ3v) is 4.74. The summed E-state index contributed by atoms with van der Waals surface area (Å²) in [5.41, 5.74) is 0.920. The van der Waals surface area contributed by atoms with E-state index in [1.807, 2.05) is 16.8 Å². The van der Waals surface area contributed by atoms with Crippen molar-refractivity contribution in [1.82, 2.24) is 4.72 Å². The van der Waals surface area contributed by atoms with Gasteiger partial charge in [0.25, 0.3) is 0 Å². The highest BCUT2D eigenvalue weighted by molar-refractivity contribution is 7.89. The first-order valence-electron chi connectivity index (χ1n) is 5.32. The summed E-state index contributed by atoms with van der Waals surface area (Å²) in [4.78, 5) is 0.0598. The van der Waals surface area contributed by atoms with Crippen LogP contribution in [0.2, 0.25) is 0 Å². The van der Waals surface area contributed by atoms with Gasteiger partial charge in [-0.15, -0.1) is 0 Å². The number of thiophene rings is 1. The number of benzene rings is 1. The minimum atomic E-state index is -3.61. The molecule has 0 aliphatic heterocycles. The Morgan fingerprint density at radius 3 is 2.72 bits per heavy atom. The Kier molecular flexibility index (Phi) is 3.70. The van der Waals surface area contributed by atoms with Crippen LogP contribution in [0.5, 0.6) is 5.75 Å². The van der Waals surface area contributed by atoms with Crippen LogP contribution in [0.25, 0.3) is 0 Å². The summed E-state index contributed by atoms with van der Waals surface area (Å²) in [5.74, 6) is -0.0685. The molecular formula is C12H13NO3S2. The van der Waals surface area contributed by atoms with E-state index in [-0.39, 0.29) is 16.7 Å². The topological polar surface area (TPSA) is 66.4 Å². The second kappa shape index (κ2) is 5.09. The summed E-state index contributed by atoms with van der Waals surface area (Å²) >= 11 is 1.52. The molecule has 6 heteroatoms. The molecule has 0 spiro atoms. The summed E-state index contributed by atoms with van der Waals surface area (Å²) < 4.78 is 26.7. The van der Waals surface area contributed by atoms with Gasteiger partial charge in [-0.05, 0) is 47.5 Å². The predicted molar refractivity (Wildman–Crippen MR) is 71.2 cm³/mol. The Bertz CT molecular complexity index is 621. The van der Waals surface area contributed by atoms with Crippen LogP contribution in [0.15, 0.2) is 46.0 Å². The average Bonchev–Trinajstić information content (AvgIpc) is 2.82. The van der Waals surface area contributed by atoms with Gasteiger partial charge in [-0.2, -0.15) is 11.3 Å². The van der Waals surface area contributed by atoms with E-state index in [1.54, 1.807) is 6.92 Å². The minimum absolute atomic E-state index is 0.0598. The minimum Gasteiger partial charge on any atom is -0.508 e. The van der Waals surface area contributed by atoms with Crippen molar-refractivity contribution in [2.45, 2.75) is 17.9 Å². The van der Waals surface area contributed by atoms with Crippen molar-refractivity contribution in [3.05, 3.63) is 46.7 Å². The van der Waals surface area contributed by atoms with Gasteiger partial charge in [-0.1, -0.05) is 6.07 Å². The van der Waals surface area contributed by atoms with E-state index in [2.05, 4.69) is 4.72 Å². The molecule has 2 rings (SSSR count). The first-order valence-corrected chi connectivity index (χ1v) is 7.75. The van der Waals surface area contributed by atoms with Crippen LogP contribution in [0.1, 0.15) is 18.5 Å². The number of phenolic OH excluding ortho intramolecular Hbond substituents is 1. The molecular weight excluding hydrogens is 270 g/mol. The largest absolute Gasteiger partial charge is 0.508 e. The van der Waals surface area contributed by atoms with Gasteiger partial charge in [0.2, 0.25) is 10.0 Å². The summed E-state index contributed by atoms with van der Waals surface area (Å²) in [5, 5.41) is 13.1. The zero-order valence-electron chi connectivity index (χ0n) is 9.70. The van der Waals surface area contributed by atoms with Gasteiger partial charge >= 0.3 is 0 Å². The van der Waals surface area contributed by atoms with Gasteiger partial charge in [-0.25, -0.2) is 13.1 Å². The lowest BCUT2D eigenvalue weighted by molar-refractivity contribution is 0.473. The predicted octanol–water partition coefficient (Wildman–Crippen LogP) is 2.49. The van der Waals surface area contributed by atoms with Crippen molar-refractivity contribution < 1.29 is 13.5 Å². The molecule has 0 fully saturated rings. The molecule has 96 valence electrons. The Labute approximate surface area is 110 Å². The Morgan fingerprint density at radius 2 is 2.11 bits per heavy atom. The molecule has 2 N–H and O–H groups in total. The van der Waals surface area contributed by atoms with Gasteiger partial charge in [-0.3, -0.25) is 0 Å². The first-order chi connectivity index (χ1) is 8.49. The molecule has 1 atom stereocenters. The molecule has 2 aromatic rings. The molecule has 1 heterocycles. The van der Waals surface area contributed by atoms with Crippen LogP contribution in [-0.4, -0.2) is 13.5 Å². The second-order valence-corrected chi connectivity index (χ2v) is 6.39. The first kappa shape index (κ1) is 13.1. The zero-order chi connectivity index (χ0) is 13.2. The Morgan fingerprint density at radius 1 is 1.33 bits per heavy atom. The van der Waals surface area contributed by atoms with E-state index in [0.29, 0.717) is 0 Å². The second-order valence-electron chi connectivity index (χ2n) is 3.90. The van der Waals surface area contributed by atoms with Gasteiger partial charge in [0.1, 0.15) is 5.75 Å². The highest BCUT2D eigenvalue weighted by Crippen LogP contribution is 2.20. The van der Waals surface area contributed by atoms with Crippen molar-refractivity contribution in [2.75, 3.05) is 0 Å². The standard InChI is InChI=1S/C12H13NO3S2/c1-9(10-5-6-17-8-10)13-18(15,16)12-4-2-3-11(14)7-12/h2-9,13-14H,1H3. The number of aromatic hydroxyl groups is 1. The van der Waals surface area contributed by atoms with Crippen molar-refractivity contribution >= 4 is 21.4 Å². The molecule has 0 saturated carbocycles. The monoisotopic (exact) mass is 283 g/mol. The number of rotatable bonds is 4. The fourth-order valence-corrected chi connectivity index (χ4v) is 3.57. The number of phenols is 1. The Hall–Kier alpha value is -1.37. The molecule has 1 unspecified atom stereocenters. The van der Waals surface area contributed by atoms with E-state index in [1.165, 1.54) is 35.6 Å². The van der Waals surface area contributed by atoms with E-state index >= 15 is 0 Å². The SMILES string of the molecule is CC(NS(=O)(=O)c1cccc(O)c1)c1ccsc1. The maximum atomic E-state index is 12.1. The molecule has 0 bridgehead atoms. The molecule has 0 aliphatic rings. The van der Waals surface area contributed by atoms with Gasteiger partial charge in [0, 0.05) is 6.04 Å². The van der Waals surface area contributed by atoms with Crippen molar-refractivity contribution in [1.29, 1.82) is 0 Å². The normalized spacial score (nSPS) is 13.4. The van der Waals surface area contributed by atoms with Crippen LogP contribution in [0.4, 0.5) is 0 Å². The Balaban J connectivity index is 2.22. The number of nitrogens with one attached hydrogen (secondary N) is 1. The van der Waals surface area contributed by atoms with Crippen LogP contribution >= 0.6 is 11.3 Å². The molecule has 1 aromatic heterocycles. The molecule has 18 heavy (non-hydrogen) atoms. The van der Waals surface area contributed by atoms with Crippen molar-refractivity contribution in [2.24, 2.45) is 0 Å². The van der Waals surface area contributed by atoms with E-state index in [9.17, 15) is 13.5 Å². The lowest BCUT2D eigenvalue weighted by Crippen LogP contribution is -2.26. The fourth-order valence-electron chi connectivity index (χ4n) is 1.54. The molecule has 4 nitrogen and oxygen atoms in total. The summed E-state index contributed by atoms with van der Waals surface area (Å²) in [6.07, 6.45) is 0. The van der Waals surface area contributed by atoms with Gasteiger partial charge in [0.05, 0.1) is 4.90 Å². The summed E-state index contributed by atoms with van der Waals surface area (Å²) in [7, 11) is -3.61. The van der Waals surface area contributed by atoms with Crippen LogP contribution in [-0.2, 0) is 10.0 Å². The fraction of sp³-hybridized carbons (Fsp3) is 0.167. The molecule has 0 radical (unpaired) electrons. The maximum absolute atomic E-state index is 12.1. The number of hydrogen-bond acceptors (Lipinski definition) is 4. The quantitative estimate of drug-likeness (QED) is 0.906. The maximum Gasteiger partial charge on any atom is 0.241 e.